The number of benzene rings is 2. The normalized spacial score (nSPS) is 15.9. The molecular weight excluding hydrogens is 436 g/mol. The molecule has 1 aliphatic rings. The summed E-state index contributed by atoms with van der Waals surface area (Å²) in [6.45, 7) is 1.36. The number of nitrogens with one attached hydrogen (secondary N) is 2. The Kier molecular flexibility index (Phi) is 7.30. The molecule has 0 aliphatic carbocycles. The van der Waals surface area contributed by atoms with E-state index in [1.807, 2.05) is 24.3 Å². The number of fused-ring (bicyclic) bond motifs is 1. The van der Waals surface area contributed by atoms with Gasteiger partial charge in [-0.1, -0.05) is 30.3 Å². The predicted octanol–water partition coefficient (Wildman–Crippen LogP) is 2.95. The fourth-order valence-corrected chi connectivity index (χ4v) is 2.42. The van der Waals surface area contributed by atoms with E-state index in [4.69, 9.17) is 9.47 Å². The number of hydrogen-bond acceptors (Lipinski definition) is 3. The number of guanidine groups is 1. The van der Waals surface area contributed by atoms with Crippen LogP contribution in [0.3, 0.4) is 0 Å². The lowest BCUT2D eigenvalue weighted by atomic mass is 10.2. The fraction of sp³-hybridized carbons (Fsp3) is 0.278. The van der Waals surface area contributed by atoms with Crippen LogP contribution in [0.25, 0.3) is 0 Å². The summed E-state index contributed by atoms with van der Waals surface area (Å²) in [4.78, 5) is 4.14. The van der Waals surface area contributed by atoms with Gasteiger partial charge in [-0.25, -0.2) is 4.39 Å². The van der Waals surface area contributed by atoms with Crippen molar-refractivity contribution < 1.29 is 13.9 Å². The number of rotatable bonds is 4. The first kappa shape index (κ1) is 19.3. The van der Waals surface area contributed by atoms with E-state index < -0.39 is 0 Å². The molecule has 2 aromatic rings. The van der Waals surface area contributed by atoms with E-state index in [0.717, 1.165) is 11.5 Å². The third kappa shape index (κ3) is 5.22. The van der Waals surface area contributed by atoms with Gasteiger partial charge in [0, 0.05) is 19.2 Å². The molecule has 0 spiro atoms. The molecule has 25 heavy (non-hydrogen) atoms. The Morgan fingerprint density at radius 1 is 1.12 bits per heavy atom. The van der Waals surface area contributed by atoms with Gasteiger partial charge in [-0.3, -0.25) is 4.99 Å². The van der Waals surface area contributed by atoms with Crippen LogP contribution in [0.4, 0.5) is 4.39 Å². The van der Waals surface area contributed by atoms with Gasteiger partial charge in [0.05, 0.1) is 6.54 Å². The Morgan fingerprint density at radius 3 is 2.60 bits per heavy atom. The molecule has 2 aromatic carbocycles. The summed E-state index contributed by atoms with van der Waals surface area (Å²) in [5.74, 6) is 1.85. The minimum atomic E-state index is -0.235. The number of nitrogens with zero attached hydrogens (tertiary/aromatic N) is 1. The summed E-state index contributed by atoms with van der Waals surface area (Å²) < 4.78 is 25.2. The van der Waals surface area contributed by atoms with Gasteiger partial charge in [-0.05, 0) is 18.2 Å². The molecular formula is C18H21FIN3O2. The Morgan fingerprint density at radius 2 is 1.84 bits per heavy atom. The van der Waals surface area contributed by atoms with Crippen LogP contribution in [-0.2, 0) is 6.54 Å². The van der Waals surface area contributed by atoms with Crippen molar-refractivity contribution in [2.75, 3.05) is 20.2 Å². The van der Waals surface area contributed by atoms with Crippen LogP contribution in [0, 0.1) is 5.82 Å². The smallest absolute Gasteiger partial charge is 0.191 e. The zero-order valence-corrected chi connectivity index (χ0v) is 16.2. The first-order valence-corrected chi connectivity index (χ1v) is 7.82. The average Bonchev–Trinajstić information content (AvgIpc) is 2.63. The average molecular weight is 457 g/mol. The minimum absolute atomic E-state index is 0. The van der Waals surface area contributed by atoms with E-state index in [0.29, 0.717) is 31.2 Å². The highest BCUT2D eigenvalue weighted by Crippen LogP contribution is 2.30. The number of aliphatic imine (C=N–C) groups is 1. The molecule has 5 nitrogen and oxygen atoms in total. The van der Waals surface area contributed by atoms with Crippen LogP contribution in [0.1, 0.15) is 5.56 Å². The van der Waals surface area contributed by atoms with Crippen molar-refractivity contribution in [2.45, 2.75) is 12.6 Å². The van der Waals surface area contributed by atoms with Crippen molar-refractivity contribution >= 4 is 29.9 Å². The van der Waals surface area contributed by atoms with Gasteiger partial charge in [-0.15, -0.1) is 24.0 Å². The van der Waals surface area contributed by atoms with Crippen LogP contribution in [0.15, 0.2) is 53.5 Å². The van der Waals surface area contributed by atoms with Gasteiger partial charge in [-0.2, -0.15) is 0 Å². The lowest BCUT2D eigenvalue weighted by Crippen LogP contribution is -2.45. The topological polar surface area (TPSA) is 54.9 Å². The Balaban J connectivity index is 0.00000225. The third-order valence-corrected chi connectivity index (χ3v) is 3.69. The van der Waals surface area contributed by atoms with Gasteiger partial charge in [0.15, 0.2) is 17.5 Å². The molecule has 0 radical (unpaired) electrons. The van der Waals surface area contributed by atoms with Gasteiger partial charge in [0.1, 0.15) is 18.5 Å². The monoisotopic (exact) mass is 457 g/mol. The first-order chi connectivity index (χ1) is 11.8. The van der Waals surface area contributed by atoms with Crippen LogP contribution in [-0.4, -0.2) is 32.3 Å². The summed E-state index contributed by atoms with van der Waals surface area (Å²) in [6.07, 6.45) is -0.119. The van der Waals surface area contributed by atoms with Crippen molar-refractivity contribution in [2.24, 2.45) is 4.99 Å². The van der Waals surface area contributed by atoms with E-state index in [2.05, 4.69) is 15.6 Å². The summed E-state index contributed by atoms with van der Waals surface area (Å²) >= 11 is 0. The molecule has 0 aromatic heterocycles. The molecule has 0 amide bonds. The first-order valence-electron chi connectivity index (χ1n) is 7.82. The maximum Gasteiger partial charge on any atom is 0.191 e. The molecule has 3 rings (SSSR count). The Labute approximate surface area is 163 Å². The van der Waals surface area contributed by atoms with E-state index in [-0.39, 0.29) is 35.9 Å². The van der Waals surface area contributed by atoms with Crippen LogP contribution >= 0.6 is 24.0 Å². The quantitative estimate of drug-likeness (QED) is 0.421. The summed E-state index contributed by atoms with van der Waals surface area (Å²) in [6, 6.07) is 14.2. The van der Waals surface area contributed by atoms with E-state index in [1.54, 1.807) is 25.2 Å². The molecule has 134 valence electrons. The fourth-order valence-electron chi connectivity index (χ4n) is 2.42. The molecule has 0 saturated heterocycles. The Hall–Kier alpha value is -2.03. The molecule has 0 bridgehead atoms. The van der Waals surface area contributed by atoms with E-state index >= 15 is 0 Å². The van der Waals surface area contributed by atoms with Gasteiger partial charge in [0.25, 0.3) is 0 Å². The highest BCUT2D eigenvalue weighted by atomic mass is 127. The summed E-state index contributed by atoms with van der Waals surface area (Å²) in [7, 11) is 1.67. The number of para-hydroxylation sites is 2. The highest BCUT2D eigenvalue weighted by Gasteiger charge is 2.20. The molecule has 1 unspecified atom stereocenters. The molecule has 1 atom stereocenters. The van der Waals surface area contributed by atoms with Crippen molar-refractivity contribution in [3.63, 3.8) is 0 Å². The second kappa shape index (κ2) is 9.45. The van der Waals surface area contributed by atoms with E-state index in [1.165, 1.54) is 6.07 Å². The van der Waals surface area contributed by atoms with Crippen molar-refractivity contribution in [3.05, 3.63) is 59.9 Å². The van der Waals surface area contributed by atoms with Crippen LogP contribution in [0.5, 0.6) is 11.5 Å². The summed E-state index contributed by atoms with van der Waals surface area (Å²) in [5, 5.41) is 6.26. The molecule has 2 N–H and O–H groups in total. The molecule has 0 fully saturated rings. The van der Waals surface area contributed by atoms with Crippen molar-refractivity contribution in [3.8, 4) is 11.5 Å². The standard InChI is InChI=1S/C18H20FN3O2.HI/c1-20-18(21-10-13-6-2-3-7-15(13)19)22-11-14-12-23-16-8-4-5-9-17(16)24-14;/h2-9,14H,10-12H2,1H3,(H2,20,21,22);1H. The molecule has 0 saturated carbocycles. The number of halogens is 2. The van der Waals surface area contributed by atoms with Crippen molar-refractivity contribution in [1.29, 1.82) is 0 Å². The maximum absolute atomic E-state index is 13.6. The van der Waals surface area contributed by atoms with Crippen molar-refractivity contribution in [1.82, 2.24) is 10.6 Å². The zero-order chi connectivity index (χ0) is 16.8. The summed E-state index contributed by atoms with van der Waals surface area (Å²) in [5.41, 5.74) is 0.589. The second-order valence-electron chi connectivity index (χ2n) is 5.40. The second-order valence-corrected chi connectivity index (χ2v) is 5.40. The van der Waals surface area contributed by atoms with E-state index in [9.17, 15) is 4.39 Å². The number of hydrogen-bond donors (Lipinski definition) is 2. The SMILES string of the molecule is CN=C(NCc1ccccc1F)NCC1COc2ccccc2O1.I. The van der Waals surface area contributed by atoms with Crippen LogP contribution in [0.2, 0.25) is 0 Å². The minimum Gasteiger partial charge on any atom is -0.486 e. The third-order valence-electron chi connectivity index (χ3n) is 3.69. The molecule has 1 aliphatic heterocycles. The predicted molar refractivity (Wildman–Crippen MR) is 106 cm³/mol. The maximum atomic E-state index is 13.6. The van der Waals surface area contributed by atoms with Gasteiger partial charge in [0.2, 0.25) is 0 Å². The largest absolute Gasteiger partial charge is 0.486 e. The Bertz CT molecular complexity index is 727. The van der Waals surface area contributed by atoms with Crippen LogP contribution < -0.4 is 20.1 Å². The molecule has 7 heteroatoms. The lowest BCUT2D eigenvalue weighted by molar-refractivity contribution is 0.0936. The highest BCUT2D eigenvalue weighted by molar-refractivity contribution is 14.0. The van der Waals surface area contributed by atoms with Gasteiger partial charge >= 0.3 is 0 Å². The lowest BCUT2D eigenvalue weighted by Gasteiger charge is -2.27. The number of ether oxygens (including phenoxy) is 2. The van der Waals surface area contributed by atoms with Gasteiger partial charge < -0.3 is 20.1 Å². The zero-order valence-electron chi connectivity index (χ0n) is 13.9. The molecule has 1 heterocycles.